The summed E-state index contributed by atoms with van der Waals surface area (Å²) < 4.78 is 5.54. The number of H-pyrrole nitrogens is 1. The standard InChI is InChI=1S/C18H16N2O4/c21-15-6-3-4-13-11(15)10-12(17(22)19-13)18(23)20-8-9-24-16-7-2-1-5-14(16)20/h1-2,5,7,10H,3-4,6,8-9H2,(H,19,22). The monoisotopic (exact) mass is 324 g/mol. The lowest BCUT2D eigenvalue weighted by atomic mass is 9.93. The van der Waals surface area contributed by atoms with Crippen LogP contribution in [0.2, 0.25) is 0 Å². The molecule has 0 saturated heterocycles. The number of aromatic nitrogens is 1. The predicted molar refractivity (Wildman–Crippen MR) is 87.9 cm³/mol. The summed E-state index contributed by atoms with van der Waals surface area (Å²) in [4.78, 5) is 41.6. The van der Waals surface area contributed by atoms with Crippen molar-refractivity contribution in [2.24, 2.45) is 0 Å². The van der Waals surface area contributed by atoms with Crippen LogP contribution in [0.15, 0.2) is 35.1 Å². The number of para-hydroxylation sites is 2. The molecule has 0 atom stereocenters. The second-order valence-corrected chi connectivity index (χ2v) is 5.95. The first kappa shape index (κ1) is 14.7. The summed E-state index contributed by atoms with van der Waals surface area (Å²) in [6, 6.07) is 8.67. The Kier molecular flexibility index (Phi) is 3.45. The van der Waals surface area contributed by atoms with Gasteiger partial charge in [-0.25, -0.2) is 0 Å². The van der Waals surface area contributed by atoms with Gasteiger partial charge in [-0.15, -0.1) is 0 Å². The van der Waals surface area contributed by atoms with E-state index < -0.39 is 11.5 Å². The molecule has 1 amide bonds. The number of nitrogens with one attached hydrogen (secondary N) is 1. The van der Waals surface area contributed by atoms with Crippen LogP contribution in [0.4, 0.5) is 5.69 Å². The second-order valence-electron chi connectivity index (χ2n) is 5.95. The highest BCUT2D eigenvalue weighted by Crippen LogP contribution is 2.32. The maximum Gasteiger partial charge on any atom is 0.264 e. The minimum absolute atomic E-state index is 0.000651. The Morgan fingerprint density at radius 3 is 2.88 bits per heavy atom. The number of ketones is 1. The minimum Gasteiger partial charge on any atom is -0.490 e. The van der Waals surface area contributed by atoms with Gasteiger partial charge in [-0.2, -0.15) is 0 Å². The highest BCUT2D eigenvalue weighted by molar-refractivity contribution is 6.08. The van der Waals surface area contributed by atoms with Crippen LogP contribution in [-0.4, -0.2) is 29.8 Å². The summed E-state index contributed by atoms with van der Waals surface area (Å²) >= 11 is 0. The lowest BCUT2D eigenvalue weighted by molar-refractivity contribution is 0.0971. The Morgan fingerprint density at radius 2 is 2.00 bits per heavy atom. The van der Waals surface area contributed by atoms with Gasteiger partial charge in [-0.3, -0.25) is 14.4 Å². The summed E-state index contributed by atoms with van der Waals surface area (Å²) in [6.45, 7) is 0.727. The van der Waals surface area contributed by atoms with E-state index in [9.17, 15) is 14.4 Å². The number of amides is 1. The third-order valence-corrected chi connectivity index (χ3v) is 4.46. The van der Waals surface area contributed by atoms with Gasteiger partial charge in [0, 0.05) is 17.7 Å². The first-order chi connectivity index (χ1) is 11.6. The third-order valence-electron chi connectivity index (χ3n) is 4.46. The second kappa shape index (κ2) is 5.63. The number of pyridine rings is 1. The lowest BCUT2D eigenvalue weighted by Crippen LogP contribution is -2.40. The van der Waals surface area contributed by atoms with Crippen molar-refractivity contribution in [2.75, 3.05) is 18.1 Å². The van der Waals surface area contributed by atoms with Crippen molar-refractivity contribution >= 4 is 17.4 Å². The molecule has 2 aromatic rings. The third kappa shape index (κ3) is 2.31. The molecule has 6 heteroatoms. The van der Waals surface area contributed by atoms with E-state index in [1.165, 1.54) is 11.0 Å². The molecule has 1 aromatic heterocycles. The zero-order chi connectivity index (χ0) is 16.7. The molecule has 2 heterocycles. The van der Waals surface area contributed by atoms with Crippen molar-refractivity contribution in [1.29, 1.82) is 0 Å². The number of rotatable bonds is 1. The van der Waals surface area contributed by atoms with Crippen LogP contribution < -0.4 is 15.2 Å². The van der Waals surface area contributed by atoms with E-state index in [1.807, 2.05) is 12.1 Å². The molecule has 0 saturated carbocycles. The Balaban J connectivity index is 1.78. The Morgan fingerprint density at radius 1 is 1.17 bits per heavy atom. The number of hydrogen-bond donors (Lipinski definition) is 1. The zero-order valence-electron chi connectivity index (χ0n) is 13.0. The first-order valence-electron chi connectivity index (χ1n) is 7.98. The molecule has 122 valence electrons. The first-order valence-corrected chi connectivity index (χ1v) is 7.98. The number of aryl methyl sites for hydroxylation is 1. The SMILES string of the molecule is O=C1CCCc2[nH]c(=O)c(C(=O)N3CCOc4ccccc43)cc21. The molecule has 1 aliphatic heterocycles. The van der Waals surface area contributed by atoms with Gasteiger partial charge < -0.3 is 14.6 Å². The number of fused-ring (bicyclic) bond motifs is 2. The number of carbonyl (C=O) groups excluding carboxylic acids is 2. The van der Waals surface area contributed by atoms with E-state index in [4.69, 9.17) is 4.74 Å². The Hall–Kier alpha value is -2.89. The van der Waals surface area contributed by atoms with Gasteiger partial charge in [0.15, 0.2) is 5.78 Å². The molecular weight excluding hydrogens is 308 g/mol. The van der Waals surface area contributed by atoms with Crippen LogP contribution in [-0.2, 0) is 6.42 Å². The number of carbonyl (C=O) groups is 2. The number of aromatic amines is 1. The molecule has 4 rings (SSSR count). The van der Waals surface area contributed by atoms with E-state index in [0.717, 1.165) is 6.42 Å². The van der Waals surface area contributed by atoms with Crippen LogP contribution in [0.5, 0.6) is 5.75 Å². The van der Waals surface area contributed by atoms with Crippen LogP contribution in [0.1, 0.15) is 39.3 Å². The van der Waals surface area contributed by atoms with Gasteiger partial charge >= 0.3 is 0 Å². The molecule has 0 unspecified atom stereocenters. The molecule has 0 radical (unpaired) electrons. The number of benzene rings is 1. The summed E-state index contributed by atoms with van der Waals surface area (Å²) in [5.74, 6) is 0.180. The fourth-order valence-electron chi connectivity index (χ4n) is 3.26. The van der Waals surface area contributed by atoms with Gasteiger partial charge in [0.2, 0.25) is 0 Å². The van der Waals surface area contributed by atoms with Gasteiger partial charge in [0.05, 0.1) is 12.2 Å². The minimum atomic E-state index is -0.447. The maximum atomic E-state index is 12.9. The number of Topliss-reactive ketones (excluding diaryl/α,β-unsaturated/α-hetero) is 1. The van der Waals surface area contributed by atoms with Gasteiger partial charge in [-0.05, 0) is 31.0 Å². The van der Waals surface area contributed by atoms with E-state index in [-0.39, 0.29) is 11.3 Å². The average Bonchev–Trinajstić information content (AvgIpc) is 2.60. The molecule has 6 nitrogen and oxygen atoms in total. The molecule has 2 aliphatic rings. The smallest absolute Gasteiger partial charge is 0.264 e. The topological polar surface area (TPSA) is 79.5 Å². The van der Waals surface area contributed by atoms with E-state index >= 15 is 0 Å². The van der Waals surface area contributed by atoms with Crippen LogP contribution in [0.25, 0.3) is 0 Å². The van der Waals surface area contributed by atoms with Crippen molar-refractivity contribution in [3.05, 3.63) is 57.5 Å². The zero-order valence-corrected chi connectivity index (χ0v) is 13.0. The molecule has 1 aromatic carbocycles. The summed E-state index contributed by atoms with van der Waals surface area (Å²) in [7, 11) is 0. The van der Waals surface area contributed by atoms with Gasteiger partial charge in [-0.1, -0.05) is 12.1 Å². The Bertz CT molecular complexity index is 900. The highest BCUT2D eigenvalue weighted by Gasteiger charge is 2.28. The number of ether oxygens (including phenoxy) is 1. The molecular formula is C18H16N2O4. The van der Waals surface area contributed by atoms with Gasteiger partial charge in [0.1, 0.15) is 17.9 Å². The lowest BCUT2D eigenvalue weighted by Gasteiger charge is -2.29. The molecule has 24 heavy (non-hydrogen) atoms. The summed E-state index contributed by atoms with van der Waals surface area (Å²) in [5.41, 5.74) is 1.29. The number of nitrogens with zero attached hydrogens (tertiary/aromatic N) is 1. The van der Waals surface area contributed by atoms with Crippen molar-refractivity contribution in [3.63, 3.8) is 0 Å². The maximum absolute atomic E-state index is 12.9. The number of anilines is 1. The summed E-state index contributed by atoms with van der Waals surface area (Å²) in [5, 5.41) is 0. The van der Waals surface area contributed by atoms with Crippen molar-refractivity contribution in [3.8, 4) is 5.75 Å². The highest BCUT2D eigenvalue weighted by atomic mass is 16.5. The van der Waals surface area contributed by atoms with Gasteiger partial charge in [0.25, 0.3) is 11.5 Å². The normalized spacial score (nSPS) is 16.2. The fourth-order valence-corrected chi connectivity index (χ4v) is 3.26. The van der Waals surface area contributed by atoms with Crippen LogP contribution in [0, 0.1) is 0 Å². The number of hydrogen-bond acceptors (Lipinski definition) is 4. The molecule has 1 aliphatic carbocycles. The molecule has 0 spiro atoms. The Labute approximate surface area is 138 Å². The van der Waals surface area contributed by atoms with E-state index in [2.05, 4.69) is 4.98 Å². The van der Waals surface area contributed by atoms with E-state index in [1.54, 1.807) is 12.1 Å². The fraction of sp³-hybridized carbons (Fsp3) is 0.278. The van der Waals surface area contributed by atoms with Crippen LogP contribution >= 0.6 is 0 Å². The molecule has 1 N–H and O–H groups in total. The average molecular weight is 324 g/mol. The quantitative estimate of drug-likeness (QED) is 0.869. The summed E-state index contributed by atoms with van der Waals surface area (Å²) in [6.07, 6.45) is 1.84. The van der Waals surface area contributed by atoms with Crippen molar-refractivity contribution < 1.29 is 14.3 Å². The van der Waals surface area contributed by atoms with Crippen molar-refractivity contribution in [2.45, 2.75) is 19.3 Å². The molecule has 0 fully saturated rings. The molecule has 0 bridgehead atoms. The van der Waals surface area contributed by atoms with Crippen molar-refractivity contribution in [1.82, 2.24) is 4.98 Å². The largest absolute Gasteiger partial charge is 0.490 e. The van der Waals surface area contributed by atoms with E-state index in [0.29, 0.717) is 48.7 Å². The van der Waals surface area contributed by atoms with Crippen LogP contribution in [0.3, 0.4) is 0 Å². The predicted octanol–water partition coefficient (Wildman–Crippen LogP) is 1.93.